The number of rotatable bonds is 3. The average molecular weight is 409 g/mol. The molecule has 2 aliphatic rings. The Morgan fingerprint density at radius 1 is 0.893 bits per heavy atom. The molecule has 2 bridgehead atoms. The molecule has 140 valence electrons. The van der Waals surface area contributed by atoms with Crippen LogP contribution in [0.15, 0.2) is 82.7 Å². The Bertz CT molecular complexity index is 1200. The third kappa shape index (κ3) is 2.40. The molecule has 2 unspecified atom stereocenters. The highest BCUT2D eigenvalue weighted by Gasteiger charge is 2.52. The minimum Gasteiger partial charge on any atom is -0.284 e. The quantitative estimate of drug-likeness (QED) is 0.591. The van der Waals surface area contributed by atoms with Crippen molar-refractivity contribution >= 4 is 27.0 Å². The molecule has 1 aromatic heterocycles. The third-order valence-electron chi connectivity index (χ3n) is 5.57. The Morgan fingerprint density at radius 2 is 1.54 bits per heavy atom. The van der Waals surface area contributed by atoms with Crippen LogP contribution in [0.1, 0.15) is 28.8 Å². The topological polar surface area (TPSA) is 50.3 Å². The SMILES string of the molecule is CN1C2C(c3ccc(Cl)nc3)=C(S(=O)(=O)c3ccccc3)C1c1ccccc12. The van der Waals surface area contributed by atoms with Gasteiger partial charge in [0, 0.05) is 6.20 Å². The van der Waals surface area contributed by atoms with E-state index in [-0.39, 0.29) is 12.1 Å². The van der Waals surface area contributed by atoms with E-state index in [9.17, 15) is 8.42 Å². The van der Waals surface area contributed by atoms with Crippen molar-refractivity contribution in [3.8, 4) is 0 Å². The fourth-order valence-corrected chi connectivity index (χ4v) is 6.41. The van der Waals surface area contributed by atoms with Gasteiger partial charge in [0.1, 0.15) is 5.15 Å². The highest BCUT2D eigenvalue weighted by Crippen LogP contribution is 2.60. The first kappa shape index (κ1) is 17.6. The van der Waals surface area contributed by atoms with Gasteiger partial charge in [0.05, 0.1) is 21.9 Å². The smallest absolute Gasteiger partial charge is 0.205 e. The van der Waals surface area contributed by atoms with Gasteiger partial charge in [-0.15, -0.1) is 0 Å². The lowest BCUT2D eigenvalue weighted by Crippen LogP contribution is -2.18. The summed E-state index contributed by atoms with van der Waals surface area (Å²) in [5.41, 5.74) is 3.77. The second-order valence-corrected chi connectivity index (χ2v) is 9.37. The standard InChI is InChI=1S/C22H17ClN2O2S/c1-25-20-16-9-5-6-10-17(16)21(25)22(19(20)14-11-12-18(23)24-13-14)28(26,27)15-7-3-2-4-8-15/h2-13,20-21H,1H3. The number of likely N-dealkylation sites (N-methyl/N-ethyl adjacent to an activating group) is 1. The summed E-state index contributed by atoms with van der Waals surface area (Å²) in [5.74, 6) is 0. The maximum Gasteiger partial charge on any atom is 0.205 e. The van der Waals surface area contributed by atoms with E-state index in [1.54, 1.807) is 36.5 Å². The molecule has 3 aromatic rings. The van der Waals surface area contributed by atoms with Gasteiger partial charge in [-0.05, 0) is 53.6 Å². The lowest BCUT2D eigenvalue weighted by atomic mass is 9.88. The summed E-state index contributed by atoms with van der Waals surface area (Å²) in [4.78, 5) is 7.07. The largest absolute Gasteiger partial charge is 0.284 e. The van der Waals surface area contributed by atoms with Crippen molar-refractivity contribution in [3.63, 3.8) is 0 Å². The predicted octanol–water partition coefficient (Wildman–Crippen LogP) is 4.66. The monoisotopic (exact) mass is 408 g/mol. The molecule has 0 radical (unpaired) electrons. The summed E-state index contributed by atoms with van der Waals surface area (Å²) in [6.45, 7) is 0. The van der Waals surface area contributed by atoms with Gasteiger partial charge < -0.3 is 0 Å². The maximum atomic E-state index is 13.7. The Labute approximate surface area is 169 Å². The average Bonchev–Trinajstić information content (AvgIpc) is 3.18. The molecule has 5 rings (SSSR count). The summed E-state index contributed by atoms with van der Waals surface area (Å²) >= 11 is 5.97. The van der Waals surface area contributed by atoms with E-state index in [4.69, 9.17) is 11.6 Å². The van der Waals surface area contributed by atoms with Crippen molar-refractivity contribution in [3.05, 3.63) is 99.7 Å². The van der Waals surface area contributed by atoms with Crippen LogP contribution in [0.5, 0.6) is 0 Å². The van der Waals surface area contributed by atoms with Crippen LogP contribution in [0.2, 0.25) is 5.15 Å². The van der Waals surface area contributed by atoms with Gasteiger partial charge in [-0.2, -0.15) is 0 Å². The van der Waals surface area contributed by atoms with Crippen LogP contribution in [0.25, 0.3) is 5.57 Å². The summed E-state index contributed by atoms with van der Waals surface area (Å²) in [7, 11) is -1.70. The van der Waals surface area contributed by atoms with E-state index in [2.05, 4.69) is 16.0 Å². The molecule has 4 nitrogen and oxygen atoms in total. The molecule has 3 heterocycles. The zero-order chi connectivity index (χ0) is 19.5. The predicted molar refractivity (Wildman–Crippen MR) is 109 cm³/mol. The van der Waals surface area contributed by atoms with Gasteiger partial charge >= 0.3 is 0 Å². The fourth-order valence-electron chi connectivity index (χ4n) is 4.42. The van der Waals surface area contributed by atoms with Crippen molar-refractivity contribution in [2.24, 2.45) is 0 Å². The zero-order valence-corrected chi connectivity index (χ0v) is 16.7. The van der Waals surface area contributed by atoms with Gasteiger partial charge in [-0.3, -0.25) is 4.90 Å². The van der Waals surface area contributed by atoms with Crippen LogP contribution >= 0.6 is 11.6 Å². The first-order chi connectivity index (χ1) is 13.5. The molecule has 2 atom stereocenters. The Kier molecular flexibility index (Phi) is 3.95. The number of pyridine rings is 1. The van der Waals surface area contributed by atoms with Gasteiger partial charge in [0.25, 0.3) is 0 Å². The lowest BCUT2D eigenvalue weighted by molar-refractivity contribution is 0.300. The van der Waals surface area contributed by atoms with Crippen LogP contribution in [0.4, 0.5) is 0 Å². The molecule has 0 saturated carbocycles. The van der Waals surface area contributed by atoms with Crippen molar-refractivity contribution in [1.82, 2.24) is 9.88 Å². The molecule has 0 saturated heterocycles. The van der Waals surface area contributed by atoms with E-state index in [1.807, 2.05) is 37.4 Å². The lowest BCUT2D eigenvalue weighted by Gasteiger charge is -2.21. The third-order valence-corrected chi connectivity index (χ3v) is 7.71. The molecule has 0 N–H and O–H groups in total. The van der Waals surface area contributed by atoms with Crippen LogP contribution in [-0.4, -0.2) is 25.3 Å². The summed E-state index contributed by atoms with van der Waals surface area (Å²) in [6, 6.07) is 19.8. The molecule has 0 aliphatic carbocycles. The number of aromatic nitrogens is 1. The van der Waals surface area contributed by atoms with E-state index in [0.29, 0.717) is 15.0 Å². The first-order valence-corrected chi connectivity index (χ1v) is 10.8. The van der Waals surface area contributed by atoms with Crippen molar-refractivity contribution < 1.29 is 8.42 Å². The van der Waals surface area contributed by atoms with E-state index in [1.165, 1.54) is 0 Å². The maximum absolute atomic E-state index is 13.7. The number of halogens is 1. The molecular weight excluding hydrogens is 392 g/mol. The summed E-state index contributed by atoms with van der Waals surface area (Å²) < 4.78 is 27.4. The molecule has 28 heavy (non-hydrogen) atoms. The normalized spacial score (nSPS) is 21.2. The number of hydrogen-bond acceptors (Lipinski definition) is 4. The second kappa shape index (κ2) is 6.27. The van der Waals surface area contributed by atoms with Gasteiger partial charge in [0.2, 0.25) is 9.84 Å². The van der Waals surface area contributed by atoms with Gasteiger partial charge in [-0.25, -0.2) is 13.4 Å². The van der Waals surface area contributed by atoms with E-state index < -0.39 is 9.84 Å². The molecule has 0 fully saturated rings. The fraction of sp³-hybridized carbons (Fsp3) is 0.136. The van der Waals surface area contributed by atoms with Crippen molar-refractivity contribution in [2.75, 3.05) is 7.05 Å². The van der Waals surface area contributed by atoms with Crippen LogP contribution in [0, 0.1) is 0 Å². The van der Waals surface area contributed by atoms with E-state index >= 15 is 0 Å². The Morgan fingerprint density at radius 3 is 2.18 bits per heavy atom. The minimum atomic E-state index is -3.68. The molecule has 2 aromatic carbocycles. The molecule has 2 aliphatic heterocycles. The summed E-state index contributed by atoms with van der Waals surface area (Å²) in [5, 5.41) is 0.383. The molecule has 6 heteroatoms. The number of fused-ring (bicyclic) bond motifs is 5. The molecular formula is C22H17ClN2O2S. The number of sulfone groups is 1. The Balaban J connectivity index is 1.81. The second-order valence-electron chi connectivity index (χ2n) is 7.06. The van der Waals surface area contributed by atoms with Crippen LogP contribution in [-0.2, 0) is 9.84 Å². The highest BCUT2D eigenvalue weighted by molar-refractivity contribution is 7.95. The first-order valence-electron chi connectivity index (χ1n) is 8.97. The molecule has 0 amide bonds. The van der Waals surface area contributed by atoms with Crippen molar-refractivity contribution in [1.29, 1.82) is 0 Å². The van der Waals surface area contributed by atoms with Crippen LogP contribution in [0.3, 0.4) is 0 Å². The zero-order valence-electron chi connectivity index (χ0n) is 15.1. The van der Waals surface area contributed by atoms with E-state index in [0.717, 1.165) is 22.3 Å². The minimum absolute atomic E-state index is 0.127. The summed E-state index contributed by atoms with van der Waals surface area (Å²) in [6.07, 6.45) is 1.66. The molecule has 0 spiro atoms. The number of nitrogens with zero attached hydrogens (tertiary/aromatic N) is 2. The van der Waals surface area contributed by atoms with Crippen LogP contribution < -0.4 is 0 Å². The van der Waals surface area contributed by atoms with Gasteiger partial charge in [-0.1, -0.05) is 54.1 Å². The highest BCUT2D eigenvalue weighted by atomic mass is 35.5. The Hall–Kier alpha value is -2.47. The number of hydrogen-bond donors (Lipinski definition) is 0. The number of benzene rings is 2. The van der Waals surface area contributed by atoms with Gasteiger partial charge in [0.15, 0.2) is 0 Å². The van der Waals surface area contributed by atoms with Crippen molar-refractivity contribution in [2.45, 2.75) is 17.0 Å².